The van der Waals surface area contributed by atoms with Crippen molar-refractivity contribution >= 4 is 15.6 Å². The molecule has 0 atom stereocenters. The molecule has 0 aromatic heterocycles. The largest absolute Gasteiger partial charge is 0.293 e. The van der Waals surface area contributed by atoms with Crippen LogP contribution in [0.25, 0.3) is 0 Å². The fourth-order valence-corrected chi connectivity index (χ4v) is 2.12. The molecule has 0 aliphatic heterocycles. The molecule has 6 heteroatoms. The van der Waals surface area contributed by atoms with Gasteiger partial charge in [-0.3, -0.25) is 4.79 Å². The summed E-state index contributed by atoms with van der Waals surface area (Å²) in [5.74, 6) is -3.53. The SMILES string of the molecule is CC(C)(C)S(=O)(=O)CC(=O)c1ccc(F)cc1F. The zero-order valence-electron chi connectivity index (χ0n) is 10.3. The number of ketones is 1. The number of rotatable bonds is 3. The molecular formula is C12H14F2O3S. The Morgan fingerprint density at radius 3 is 2.22 bits per heavy atom. The van der Waals surface area contributed by atoms with Crippen LogP contribution in [-0.2, 0) is 9.84 Å². The van der Waals surface area contributed by atoms with Gasteiger partial charge in [0.2, 0.25) is 0 Å². The lowest BCUT2D eigenvalue weighted by Gasteiger charge is -2.18. The minimum Gasteiger partial charge on any atom is -0.293 e. The average Bonchev–Trinajstić information content (AvgIpc) is 2.14. The second-order valence-corrected chi connectivity index (χ2v) is 7.66. The number of halogens is 2. The smallest absolute Gasteiger partial charge is 0.180 e. The highest BCUT2D eigenvalue weighted by Crippen LogP contribution is 2.18. The number of Topliss-reactive ketones (excluding diaryl/α,β-unsaturated/α-hetero) is 1. The van der Waals surface area contributed by atoms with Gasteiger partial charge in [-0.2, -0.15) is 0 Å². The summed E-state index contributed by atoms with van der Waals surface area (Å²) in [6, 6.07) is 2.42. The van der Waals surface area contributed by atoms with Gasteiger partial charge in [-0.1, -0.05) is 0 Å². The van der Waals surface area contributed by atoms with Crippen LogP contribution < -0.4 is 0 Å². The lowest BCUT2D eigenvalue weighted by molar-refractivity contribution is 0.101. The van der Waals surface area contributed by atoms with Crippen molar-refractivity contribution in [1.29, 1.82) is 0 Å². The van der Waals surface area contributed by atoms with Crippen molar-refractivity contribution in [3.63, 3.8) is 0 Å². The molecule has 0 unspecified atom stereocenters. The molecule has 0 fully saturated rings. The van der Waals surface area contributed by atoms with Gasteiger partial charge in [0.25, 0.3) is 0 Å². The second kappa shape index (κ2) is 4.76. The molecule has 0 heterocycles. The Hall–Kier alpha value is -1.30. The molecule has 1 aromatic carbocycles. The first-order valence-corrected chi connectivity index (χ1v) is 6.90. The maximum absolute atomic E-state index is 13.3. The van der Waals surface area contributed by atoms with Gasteiger partial charge in [0.15, 0.2) is 15.6 Å². The highest BCUT2D eigenvalue weighted by atomic mass is 32.2. The molecule has 1 rings (SSSR count). The topological polar surface area (TPSA) is 51.2 Å². The molecule has 0 saturated heterocycles. The van der Waals surface area contributed by atoms with E-state index in [-0.39, 0.29) is 0 Å². The van der Waals surface area contributed by atoms with Crippen LogP contribution in [0.1, 0.15) is 31.1 Å². The summed E-state index contributed by atoms with van der Waals surface area (Å²) < 4.78 is 48.5. The van der Waals surface area contributed by atoms with E-state index in [4.69, 9.17) is 0 Å². The van der Waals surface area contributed by atoms with Crippen molar-refractivity contribution in [2.75, 3.05) is 5.75 Å². The van der Waals surface area contributed by atoms with Gasteiger partial charge in [0.05, 0.1) is 10.3 Å². The van der Waals surface area contributed by atoms with E-state index in [9.17, 15) is 22.0 Å². The summed E-state index contributed by atoms with van der Waals surface area (Å²) in [7, 11) is -3.68. The number of sulfone groups is 1. The Balaban J connectivity index is 3.04. The van der Waals surface area contributed by atoms with Crippen LogP contribution in [0.2, 0.25) is 0 Å². The summed E-state index contributed by atoms with van der Waals surface area (Å²) >= 11 is 0. The monoisotopic (exact) mass is 276 g/mol. The quantitative estimate of drug-likeness (QED) is 0.796. The molecule has 0 saturated carbocycles. The zero-order valence-corrected chi connectivity index (χ0v) is 11.1. The summed E-state index contributed by atoms with van der Waals surface area (Å²) in [6.07, 6.45) is 0. The van der Waals surface area contributed by atoms with Crippen molar-refractivity contribution < 1.29 is 22.0 Å². The third-order valence-corrected chi connectivity index (χ3v) is 4.99. The van der Waals surface area contributed by atoms with Crippen molar-refractivity contribution in [3.05, 3.63) is 35.4 Å². The molecular weight excluding hydrogens is 262 g/mol. The molecule has 0 N–H and O–H groups in total. The maximum Gasteiger partial charge on any atom is 0.180 e. The molecule has 0 radical (unpaired) electrons. The van der Waals surface area contributed by atoms with E-state index in [1.165, 1.54) is 20.8 Å². The molecule has 0 spiro atoms. The number of hydrogen-bond donors (Lipinski definition) is 0. The predicted molar refractivity (Wildman–Crippen MR) is 64.2 cm³/mol. The first kappa shape index (κ1) is 14.8. The number of carbonyl (C=O) groups excluding carboxylic acids is 1. The Kier molecular flexibility index (Phi) is 3.90. The molecule has 3 nitrogen and oxygen atoms in total. The number of carbonyl (C=O) groups is 1. The van der Waals surface area contributed by atoms with Gasteiger partial charge >= 0.3 is 0 Å². The maximum atomic E-state index is 13.3. The minimum absolute atomic E-state index is 0.413. The standard InChI is InChI=1S/C12H14F2O3S/c1-12(2,3)18(16,17)7-11(15)9-5-4-8(13)6-10(9)14/h4-6H,7H2,1-3H3. The first-order chi connectivity index (χ1) is 8.04. The van der Waals surface area contributed by atoms with Crippen LogP contribution in [0.15, 0.2) is 18.2 Å². The predicted octanol–water partition coefficient (Wildman–Crippen LogP) is 2.36. The van der Waals surface area contributed by atoms with E-state index in [1.54, 1.807) is 0 Å². The van der Waals surface area contributed by atoms with E-state index in [1.807, 2.05) is 0 Å². The molecule has 0 bridgehead atoms. The highest BCUT2D eigenvalue weighted by Gasteiger charge is 2.32. The highest BCUT2D eigenvalue weighted by molar-refractivity contribution is 7.93. The molecule has 0 amide bonds. The number of benzene rings is 1. The Bertz CT molecular complexity index is 571. The Morgan fingerprint density at radius 1 is 1.22 bits per heavy atom. The van der Waals surface area contributed by atoms with Gasteiger partial charge in [-0.25, -0.2) is 17.2 Å². The third kappa shape index (κ3) is 3.13. The van der Waals surface area contributed by atoms with Gasteiger partial charge < -0.3 is 0 Å². The van der Waals surface area contributed by atoms with Crippen molar-refractivity contribution in [1.82, 2.24) is 0 Å². The molecule has 0 aliphatic rings. The van der Waals surface area contributed by atoms with E-state index in [0.29, 0.717) is 6.07 Å². The molecule has 0 aliphatic carbocycles. The van der Waals surface area contributed by atoms with Crippen molar-refractivity contribution in [2.45, 2.75) is 25.5 Å². The van der Waals surface area contributed by atoms with Crippen LogP contribution in [0.4, 0.5) is 8.78 Å². The van der Waals surface area contributed by atoms with Crippen molar-refractivity contribution in [2.24, 2.45) is 0 Å². The summed E-state index contributed by atoms with van der Waals surface area (Å²) in [4.78, 5) is 11.7. The lowest BCUT2D eigenvalue weighted by atomic mass is 10.1. The van der Waals surface area contributed by atoms with E-state index < -0.39 is 43.3 Å². The molecule has 18 heavy (non-hydrogen) atoms. The van der Waals surface area contributed by atoms with Crippen LogP contribution in [0.3, 0.4) is 0 Å². The van der Waals surface area contributed by atoms with Gasteiger partial charge in [-0.15, -0.1) is 0 Å². The molecule has 1 aromatic rings. The second-order valence-electron chi connectivity index (χ2n) is 4.92. The van der Waals surface area contributed by atoms with Crippen LogP contribution in [-0.4, -0.2) is 24.7 Å². The number of hydrogen-bond acceptors (Lipinski definition) is 3. The summed E-state index contributed by atoms with van der Waals surface area (Å²) in [5.41, 5.74) is -0.413. The fraction of sp³-hybridized carbons (Fsp3) is 0.417. The van der Waals surface area contributed by atoms with Gasteiger partial charge in [0, 0.05) is 6.07 Å². The fourth-order valence-electron chi connectivity index (χ4n) is 1.18. The third-order valence-electron chi connectivity index (χ3n) is 2.49. The van der Waals surface area contributed by atoms with E-state index in [2.05, 4.69) is 0 Å². The van der Waals surface area contributed by atoms with Gasteiger partial charge in [-0.05, 0) is 32.9 Å². The minimum atomic E-state index is -3.68. The Labute approximate surface area is 105 Å². The first-order valence-electron chi connectivity index (χ1n) is 5.25. The van der Waals surface area contributed by atoms with E-state index in [0.717, 1.165) is 12.1 Å². The van der Waals surface area contributed by atoms with Gasteiger partial charge in [0.1, 0.15) is 17.4 Å². The summed E-state index contributed by atoms with van der Waals surface area (Å²) in [5, 5.41) is 0. The van der Waals surface area contributed by atoms with Crippen LogP contribution in [0.5, 0.6) is 0 Å². The van der Waals surface area contributed by atoms with Crippen molar-refractivity contribution in [3.8, 4) is 0 Å². The lowest BCUT2D eigenvalue weighted by Crippen LogP contribution is -2.33. The summed E-state index contributed by atoms with van der Waals surface area (Å²) in [6.45, 7) is 4.36. The van der Waals surface area contributed by atoms with Crippen LogP contribution >= 0.6 is 0 Å². The van der Waals surface area contributed by atoms with Crippen LogP contribution in [0, 0.1) is 11.6 Å². The molecule has 100 valence electrons. The zero-order chi connectivity index (χ0) is 14.1. The average molecular weight is 276 g/mol. The Morgan fingerprint density at radius 2 is 1.78 bits per heavy atom. The normalized spacial score (nSPS) is 12.5. The van der Waals surface area contributed by atoms with E-state index >= 15 is 0 Å².